The number of benzene rings is 1. The first-order valence-electron chi connectivity index (χ1n) is 13.1. The van der Waals surface area contributed by atoms with Crippen LogP contribution in [-0.2, 0) is 14.3 Å². The highest BCUT2D eigenvalue weighted by atomic mass is 16.5. The molecule has 0 aromatic heterocycles. The molecular weight excluding hydrogens is 440 g/mol. The fraction of sp³-hybridized carbons (Fsp3) is 0.724. The van der Waals surface area contributed by atoms with Crippen molar-refractivity contribution in [3.05, 3.63) is 35.4 Å². The summed E-state index contributed by atoms with van der Waals surface area (Å²) in [5.41, 5.74) is 1.75. The summed E-state index contributed by atoms with van der Waals surface area (Å²) in [6, 6.07) is 8.67. The van der Waals surface area contributed by atoms with Crippen molar-refractivity contribution in [2.45, 2.75) is 78.2 Å². The minimum absolute atomic E-state index is 0.0327. The van der Waals surface area contributed by atoms with Gasteiger partial charge in [0.15, 0.2) is 0 Å². The summed E-state index contributed by atoms with van der Waals surface area (Å²) in [5.74, 6) is 0.0557. The largest absolute Gasteiger partial charge is 0.462 e. The number of aliphatic hydroxyl groups excluding tert-OH is 1. The number of likely N-dealkylation sites (N-methyl/N-ethyl adjacent to an activating group) is 1. The lowest BCUT2D eigenvalue weighted by Gasteiger charge is -2.33. The minimum atomic E-state index is -0.801. The highest BCUT2D eigenvalue weighted by Crippen LogP contribution is 2.37. The molecule has 5 unspecified atom stereocenters. The number of carbonyl (C=O) groups is 2. The molecule has 5 atom stereocenters. The highest BCUT2D eigenvalue weighted by molar-refractivity contribution is 5.81. The van der Waals surface area contributed by atoms with Crippen LogP contribution >= 0.6 is 0 Å². The third-order valence-electron chi connectivity index (χ3n) is 7.22. The number of carbonyl (C=O) groups excluding carboxylic acids is 2. The van der Waals surface area contributed by atoms with Crippen LogP contribution < -0.4 is 0 Å². The van der Waals surface area contributed by atoms with Crippen LogP contribution in [0, 0.1) is 11.3 Å². The number of hydrogen-bond acceptors (Lipinski definition) is 4. The molecule has 0 saturated carbocycles. The molecule has 1 amide bonds. The van der Waals surface area contributed by atoms with Gasteiger partial charge in [-0.25, -0.2) is 0 Å². The maximum atomic E-state index is 13.2. The van der Waals surface area contributed by atoms with E-state index in [0.717, 1.165) is 6.42 Å². The Hall–Kier alpha value is -1.92. The van der Waals surface area contributed by atoms with Crippen molar-refractivity contribution in [3.8, 4) is 0 Å². The molecule has 0 saturated heterocycles. The molecule has 0 bridgehead atoms. The SMILES string of the molecule is CCC(C)c1cccc(C(C)CC(CC(C)(CC)C(=O)OCC(O)C[N+](C)(C)C)C(=O)N(C)C)c1. The van der Waals surface area contributed by atoms with Crippen molar-refractivity contribution in [1.29, 1.82) is 0 Å². The van der Waals surface area contributed by atoms with Crippen LogP contribution in [0.2, 0.25) is 0 Å². The van der Waals surface area contributed by atoms with E-state index in [1.165, 1.54) is 11.1 Å². The molecule has 0 fully saturated rings. The summed E-state index contributed by atoms with van der Waals surface area (Å²) in [6.45, 7) is 10.9. The molecule has 6 heteroatoms. The van der Waals surface area contributed by atoms with Gasteiger partial charge in [-0.05, 0) is 55.6 Å². The Labute approximate surface area is 214 Å². The average Bonchev–Trinajstić information content (AvgIpc) is 2.79. The average molecular weight is 492 g/mol. The Kier molecular flexibility index (Phi) is 11.9. The van der Waals surface area contributed by atoms with Gasteiger partial charge < -0.3 is 19.2 Å². The standard InChI is InChI=1S/C29H51N2O4/c1-11-21(3)23-14-13-15-24(17-23)22(4)16-25(27(33)30(6)7)18-29(5,12-2)28(34)35-20-26(32)19-31(8,9)10/h13-15,17,21-22,25-26,32H,11-12,16,18-20H2,1-10H3/q+1. The number of esters is 1. The van der Waals surface area contributed by atoms with Crippen LogP contribution in [0.25, 0.3) is 0 Å². The van der Waals surface area contributed by atoms with Gasteiger partial charge in [0.1, 0.15) is 19.3 Å². The number of ether oxygens (including phenoxy) is 1. The Morgan fingerprint density at radius 1 is 1.09 bits per heavy atom. The molecule has 0 heterocycles. The van der Waals surface area contributed by atoms with Crippen molar-refractivity contribution >= 4 is 11.9 Å². The van der Waals surface area contributed by atoms with Gasteiger partial charge in [0.05, 0.1) is 26.6 Å². The normalized spacial score (nSPS) is 17.1. The molecule has 1 N–H and O–H groups in total. The fourth-order valence-corrected chi connectivity index (χ4v) is 4.55. The first-order valence-corrected chi connectivity index (χ1v) is 13.1. The summed E-state index contributed by atoms with van der Waals surface area (Å²) < 4.78 is 6.15. The van der Waals surface area contributed by atoms with Crippen LogP contribution in [0.3, 0.4) is 0 Å². The van der Waals surface area contributed by atoms with Crippen LogP contribution in [-0.4, -0.2) is 80.9 Å². The van der Waals surface area contributed by atoms with Gasteiger partial charge in [-0.1, -0.05) is 52.0 Å². The second kappa shape index (κ2) is 13.4. The van der Waals surface area contributed by atoms with E-state index in [0.29, 0.717) is 36.2 Å². The maximum absolute atomic E-state index is 13.2. The van der Waals surface area contributed by atoms with E-state index in [1.54, 1.807) is 19.0 Å². The zero-order chi connectivity index (χ0) is 27.0. The predicted octanol–water partition coefficient (Wildman–Crippen LogP) is 4.81. The maximum Gasteiger partial charge on any atom is 0.311 e. The van der Waals surface area contributed by atoms with Crippen molar-refractivity contribution in [1.82, 2.24) is 4.90 Å². The summed E-state index contributed by atoms with van der Waals surface area (Å²) in [7, 11) is 9.49. The molecule has 0 aliphatic rings. The molecule has 0 spiro atoms. The van der Waals surface area contributed by atoms with Gasteiger partial charge >= 0.3 is 5.97 Å². The number of aliphatic hydroxyl groups is 1. The topological polar surface area (TPSA) is 66.8 Å². The van der Waals surface area contributed by atoms with E-state index in [9.17, 15) is 14.7 Å². The molecule has 200 valence electrons. The molecule has 1 rings (SSSR count). The zero-order valence-corrected chi connectivity index (χ0v) is 23.9. The summed E-state index contributed by atoms with van der Waals surface area (Å²) in [6.07, 6.45) is 2.00. The molecular formula is C29H51N2O4+. The second-order valence-corrected chi connectivity index (χ2v) is 11.9. The lowest BCUT2D eigenvalue weighted by Crippen LogP contribution is -2.44. The van der Waals surface area contributed by atoms with Gasteiger partial charge in [0.2, 0.25) is 5.91 Å². The predicted molar refractivity (Wildman–Crippen MR) is 143 cm³/mol. The Morgan fingerprint density at radius 3 is 2.14 bits per heavy atom. The quantitative estimate of drug-likeness (QED) is 0.299. The monoisotopic (exact) mass is 491 g/mol. The summed E-state index contributed by atoms with van der Waals surface area (Å²) in [4.78, 5) is 28.0. The van der Waals surface area contributed by atoms with E-state index in [2.05, 4.69) is 45.0 Å². The van der Waals surface area contributed by atoms with Crippen molar-refractivity contribution in [2.24, 2.45) is 11.3 Å². The van der Waals surface area contributed by atoms with Crippen molar-refractivity contribution < 1.29 is 23.9 Å². The molecule has 0 aliphatic carbocycles. The Bertz CT molecular complexity index is 817. The van der Waals surface area contributed by atoms with Crippen LogP contribution in [0.15, 0.2) is 24.3 Å². The third-order valence-corrected chi connectivity index (χ3v) is 7.22. The van der Waals surface area contributed by atoms with Gasteiger partial charge in [-0.3, -0.25) is 9.59 Å². The molecule has 1 aromatic carbocycles. The fourth-order valence-electron chi connectivity index (χ4n) is 4.55. The number of quaternary nitrogens is 1. The van der Waals surface area contributed by atoms with E-state index in [4.69, 9.17) is 4.74 Å². The number of amides is 1. The minimum Gasteiger partial charge on any atom is -0.462 e. The van der Waals surface area contributed by atoms with Crippen LogP contribution in [0.4, 0.5) is 0 Å². The van der Waals surface area contributed by atoms with Gasteiger partial charge in [-0.15, -0.1) is 0 Å². The smallest absolute Gasteiger partial charge is 0.311 e. The second-order valence-electron chi connectivity index (χ2n) is 11.9. The lowest BCUT2D eigenvalue weighted by molar-refractivity contribution is -0.873. The Morgan fingerprint density at radius 2 is 1.66 bits per heavy atom. The highest BCUT2D eigenvalue weighted by Gasteiger charge is 2.39. The number of nitrogens with zero attached hydrogens (tertiary/aromatic N) is 2. The lowest BCUT2D eigenvalue weighted by atomic mass is 9.75. The van der Waals surface area contributed by atoms with E-state index in [-0.39, 0.29) is 30.3 Å². The Balaban J connectivity index is 3.03. The molecule has 6 nitrogen and oxygen atoms in total. The van der Waals surface area contributed by atoms with Crippen LogP contribution in [0.5, 0.6) is 0 Å². The van der Waals surface area contributed by atoms with E-state index >= 15 is 0 Å². The molecule has 0 radical (unpaired) electrons. The van der Waals surface area contributed by atoms with Crippen molar-refractivity contribution in [3.63, 3.8) is 0 Å². The first-order chi connectivity index (χ1) is 16.1. The van der Waals surface area contributed by atoms with Gasteiger partial charge in [0, 0.05) is 20.0 Å². The first kappa shape index (κ1) is 31.1. The summed E-state index contributed by atoms with van der Waals surface area (Å²) >= 11 is 0. The van der Waals surface area contributed by atoms with Gasteiger partial charge in [-0.2, -0.15) is 0 Å². The third kappa shape index (κ3) is 9.92. The number of rotatable bonds is 14. The number of hydrogen-bond donors (Lipinski definition) is 1. The van der Waals surface area contributed by atoms with Crippen molar-refractivity contribution in [2.75, 3.05) is 48.4 Å². The summed E-state index contributed by atoms with van der Waals surface area (Å²) in [5, 5.41) is 10.3. The van der Waals surface area contributed by atoms with Crippen LogP contribution in [0.1, 0.15) is 83.3 Å². The molecule has 35 heavy (non-hydrogen) atoms. The molecule has 0 aliphatic heterocycles. The van der Waals surface area contributed by atoms with E-state index < -0.39 is 11.5 Å². The zero-order valence-electron chi connectivity index (χ0n) is 23.9. The van der Waals surface area contributed by atoms with E-state index in [1.807, 2.05) is 35.0 Å². The molecule has 1 aromatic rings. The van der Waals surface area contributed by atoms with Gasteiger partial charge in [0.25, 0.3) is 0 Å².